The van der Waals surface area contributed by atoms with Crippen molar-refractivity contribution in [1.29, 1.82) is 0 Å². The number of hydrogen-bond acceptors (Lipinski definition) is 5. The number of anilines is 1. The fourth-order valence-corrected chi connectivity index (χ4v) is 5.10. The molecule has 9 heteroatoms. The van der Waals surface area contributed by atoms with Crippen molar-refractivity contribution in [3.05, 3.63) is 123 Å². The molecular weight excluding hydrogens is 555 g/mol. The Bertz CT molecular complexity index is 1610. The molecule has 1 saturated heterocycles. The molecule has 6 nitrogen and oxygen atoms in total. The third-order valence-corrected chi connectivity index (χ3v) is 7.03. The van der Waals surface area contributed by atoms with E-state index in [9.17, 15) is 14.4 Å². The van der Waals surface area contributed by atoms with Gasteiger partial charge in [-0.05, 0) is 72.2 Å². The van der Waals surface area contributed by atoms with Crippen molar-refractivity contribution in [3.8, 4) is 11.5 Å². The molecule has 5 rings (SSSR count). The molecule has 1 fully saturated rings. The van der Waals surface area contributed by atoms with Gasteiger partial charge in [0.25, 0.3) is 5.91 Å². The minimum absolute atomic E-state index is 0.0113. The van der Waals surface area contributed by atoms with E-state index in [0.29, 0.717) is 33.4 Å². The molecule has 3 aromatic rings. The molecule has 3 amide bonds. The fourth-order valence-electron chi connectivity index (χ4n) is 4.27. The lowest BCUT2D eigenvalue weighted by Gasteiger charge is -2.29. The molecule has 1 atom stereocenters. The largest absolute Gasteiger partial charge is 0.457 e. The van der Waals surface area contributed by atoms with Crippen molar-refractivity contribution < 1.29 is 19.1 Å². The summed E-state index contributed by atoms with van der Waals surface area (Å²) in [6.45, 7) is 1.91. The molecule has 1 aliphatic carbocycles. The number of benzene rings is 3. The van der Waals surface area contributed by atoms with Crippen LogP contribution in [0.3, 0.4) is 0 Å². The average Bonchev–Trinajstić information content (AvgIpc) is 3.27. The van der Waals surface area contributed by atoms with Gasteiger partial charge in [-0.25, -0.2) is 4.79 Å². The van der Waals surface area contributed by atoms with Gasteiger partial charge in [0, 0.05) is 16.2 Å². The van der Waals surface area contributed by atoms with Gasteiger partial charge in [0.2, 0.25) is 0 Å². The van der Waals surface area contributed by atoms with E-state index < -0.39 is 11.9 Å². The zero-order valence-electron chi connectivity index (χ0n) is 20.5. The van der Waals surface area contributed by atoms with Gasteiger partial charge in [0.1, 0.15) is 16.5 Å². The van der Waals surface area contributed by atoms with Crippen LogP contribution < -0.4 is 15.0 Å². The van der Waals surface area contributed by atoms with Crippen LogP contribution in [-0.2, 0) is 4.79 Å². The van der Waals surface area contributed by atoms with Gasteiger partial charge < -0.3 is 4.74 Å². The van der Waals surface area contributed by atoms with Gasteiger partial charge in [0.15, 0.2) is 5.78 Å². The number of amides is 3. The van der Waals surface area contributed by atoms with Crippen LogP contribution in [0.2, 0.25) is 10.0 Å². The quantitative estimate of drug-likeness (QED) is 0.187. The van der Waals surface area contributed by atoms with Crippen LogP contribution in [0, 0.1) is 5.92 Å². The zero-order chi connectivity index (χ0) is 27.7. The molecule has 0 saturated carbocycles. The highest BCUT2D eigenvalue weighted by Crippen LogP contribution is 2.33. The second kappa shape index (κ2) is 11.0. The standard InChI is InChI=1S/C30H20Cl2N2O4S/c1-17-13-18(24(14-17)27(35)23-12-7-19(31)16-26(23)32)15-25-28(36)33-30(37)34(29(25)39)20-8-10-22(11-9-20)38-21-5-3-2-4-6-21/h2-17H,1H3,(H,33,36,37). The molecule has 1 N–H and O–H groups in total. The van der Waals surface area contributed by atoms with E-state index in [1.165, 1.54) is 17.0 Å². The first-order valence-electron chi connectivity index (χ1n) is 11.9. The molecule has 1 unspecified atom stereocenters. The summed E-state index contributed by atoms with van der Waals surface area (Å²) in [5, 5.41) is 2.97. The Morgan fingerprint density at radius 3 is 2.36 bits per heavy atom. The Kier molecular flexibility index (Phi) is 7.48. The molecule has 39 heavy (non-hydrogen) atoms. The number of rotatable bonds is 6. The minimum Gasteiger partial charge on any atom is -0.457 e. The molecule has 1 heterocycles. The highest BCUT2D eigenvalue weighted by molar-refractivity contribution is 7.81. The summed E-state index contributed by atoms with van der Waals surface area (Å²) in [5.41, 5.74) is 1.70. The number of hydrogen-bond donors (Lipinski definition) is 1. The van der Waals surface area contributed by atoms with Gasteiger partial charge in [-0.3, -0.25) is 19.8 Å². The highest BCUT2D eigenvalue weighted by Gasteiger charge is 2.35. The normalized spacial score (nSPS) is 18.1. The van der Waals surface area contributed by atoms with Crippen LogP contribution in [-0.4, -0.2) is 22.7 Å². The summed E-state index contributed by atoms with van der Waals surface area (Å²) in [6, 6.07) is 20.0. The summed E-state index contributed by atoms with van der Waals surface area (Å²) in [7, 11) is 0. The molecule has 2 aliphatic rings. The summed E-state index contributed by atoms with van der Waals surface area (Å²) >= 11 is 17.9. The van der Waals surface area contributed by atoms with Crippen LogP contribution in [0.4, 0.5) is 10.5 Å². The maximum absolute atomic E-state index is 13.4. The third kappa shape index (κ3) is 5.56. The van der Waals surface area contributed by atoms with E-state index >= 15 is 0 Å². The van der Waals surface area contributed by atoms with Gasteiger partial charge in [-0.2, -0.15) is 0 Å². The number of thiocarbonyl (C=S) groups is 1. The average molecular weight is 575 g/mol. The molecule has 1 aliphatic heterocycles. The van der Waals surface area contributed by atoms with E-state index in [-0.39, 0.29) is 32.8 Å². The number of carbonyl (C=O) groups excluding carboxylic acids is 3. The SMILES string of the molecule is CC1C=C(C=C2C(=O)NC(=O)N(c3ccc(Oc4ccccc4)cc3)C2=S)C(C(=O)c2ccc(Cl)cc2Cl)=C1. The Hall–Kier alpha value is -4.04. The fraction of sp³-hybridized carbons (Fsp3) is 0.0667. The lowest BCUT2D eigenvalue weighted by molar-refractivity contribution is -0.116. The van der Waals surface area contributed by atoms with Crippen LogP contribution in [0.15, 0.2) is 108 Å². The van der Waals surface area contributed by atoms with Crippen molar-refractivity contribution in [2.24, 2.45) is 5.92 Å². The lowest BCUT2D eigenvalue weighted by atomic mass is 9.96. The third-order valence-electron chi connectivity index (χ3n) is 6.08. The van der Waals surface area contributed by atoms with Gasteiger partial charge in [-0.1, -0.05) is 72.7 Å². The first-order valence-corrected chi connectivity index (χ1v) is 13.1. The Labute approximate surface area is 240 Å². The minimum atomic E-state index is -0.674. The van der Waals surface area contributed by atoms with Crippen molar-refractivity contribution in [2.75, 3.05) is 4.90 Å². The Balaban J connectivity index is 1.42. The number of carbonyl (C=O) groups is 3. The van der Waals surface area contributed by atoms with E-state index in [0.717, 1.165) is 0 Å². The summed E-state index contributed by atoms with van der Waals surface area (Å²) in [4.78, 5) is 40.3. The van der Waals surface area contributed by atoms with Gasteiger partial charge in [0.05, 0.1) is 16.3 Å². The predicted molar refractivity (Wildman–Crippen MR) is 156 cm³/mol. The highest BCUT2D eigenvalue weighted by atomic mass is 35.5. The zero-order valence-corrected chi connectivity index (χ0v) is 22.8. The monoisotopic (exact) mass is 574 g/mol. The second-order valence-corrected chi connectivity index (χ2v) is 10.1. The van der Waals surface area contributed by atoms with E-state index in [1.54, 1.807) is 42.5 Å². The van der Waals surface area contributed by atoms with Crippen molar-refractivity contribution in [3.63, 3.8) is 0 Å². The number of halogens is 2. The van der Waals surface area contributed by atoms with Crippen molar-refractivity contribution >= 4 is 63.8 Å². The number of nitrogens with zero attached hydrogens (tertiary/aromatic N) is 1. The number of ether oxygens (including phenoxy) is 1. The Morgan fingerprint density at radius 1 is 0.974 bits per heavy atom. The maximum atomic E-state index is 13.4. The van der Waals surface area contributed by atoms with E-state index in [1.807, 2.05) is 43.3 Å². The Morgan fingerprint density at radius 2 is 1.67 bits per heavy atom. The van der Waals surface area contributed by atoms with Crippen LogP contribution >= 0.6 is 35.4 Å². The molecule has 0 radical (unpaired) electrons. The number of urea groups is 1. The van der Waals surface area contributed by atoms with E-state index in [2.05, 4.69) is 5.32 Å². The second-order valence-electron chi connectivity index (χ2n) is 8.88. The summed E-state index contributed by atoms with van der Waals surface area (Å²) < 4.78 is 5.82. The van der Waals surface area contributed by atoms with Crippen molar-refractivity contribution in [1.82, 2.24) is 5.32 Å². The molecule has 3 aromatic carbocycles. The van der Waals surface area contributed by atoms with E-state index in [4.69, 9.17) is 40.2 Å². The van der Waals surface area contributed by atoms with Gasteiger partial charge >= 0.3 is 6.03 Å². The van der Waals surface area contributed by atoms with Crippen molar-refractivity contribution in [2.45, 2.75) is 6.92 Å². The predicted octanol–water partition coefficient (Wildman–Crippen LogP) is 7.48. The van der Waals surface area contributed by atoms with Crippen LogP contribution in [0.5, 0.6) is 11.5 Å². The molecular formula is C30H20Cl2N2O4S. The molecule has 0 aromatic heterocycles. The first-order chi connectivity index (χ1) is 18.7. The molecule has 0 spiro atoms. The lowest BCUT2D eigenvalue weighted by Crippen LogP contribution is -2.53. The molecule has 0 bridgehead atoms. The topological polar surface area (TPSA) is 75.7 Å². The number of allylic oxidation sites excluding steroid dienone is 5. The number of para-hydroxylation sites is 1. The van der Waals surface area contributed by atoms with Crippen LogP contribution in [0.25, 0.3) is 0 Å². The summed E-state index contributed by atoms with van der Waals surface area (Å²) in [5.74, 6) is 0.205. The molecule has 194 valence electrons. The van der Waals surface area contributed by atoms with Gasteiger partial charge in [-0.15, -0.1) is 0 Å². The maximum Gasteiger partial charge on any atom is 0.334 e. The number of ketones is 1. The first kappa shape index (κ1) is 26.6. The number of nitrogens with one attached hydrogen (secondary N) is 1. The smallest absolute Gasteiger partial charge is 0.334 e. The number of Topliss-reactive ketones (excluding diaryl/α,β-unsaturated/α-hetero) is 1. The van der Waals surface area contributed by atoms with Crippen LogP contribution in [0.1, 0.15) is 17.3 Å². The summed E-state index contributed by atoms with van der Waals surface area (Å²) in [6.07, 6.45) is 5.16. The number of imide groups is 1.